The number of carbonyl (C=O) groups is 1. The van der Waals surface area contributed by atoms with Crippen molar-refractivity contribution in [3.05, 3.63) is 52.4 Å². The number of aryl methyl sites for hydroxylation is 2. The Morgan fingerprint density at radius 2 is 2.00 bits per heavy atom. The number of nitrogens with one attached hydrogen (secondary N) is 1. The van der Waals surface area contributed by atoms with Crippen LogP contribution in [0.15, 0.2) is 30.5 Å². The SMILES string of the molecule is CCCc1nc(C)c(NC(=O)c2cnn(-c3ccc(OC)cc3)c2CC)s1. The number of benzene rings is 1. The summed E-state index contributed by atoms with van der Waals surface area (Å²) in [5.41, 5.74) is 3.20. The van der Waals surface area contributed by atoms with Gasteiger partial charge in [-0.2, -0.15) is 5.10 Å². The largest absolute Gasteiger partial charge is 0.497 e. The molecule has 2 heterocycles. The summed E-state index contributed by atoms with van der Waals surface area (Å²) < 4.78 is 7.01. The molecule has 0 atom stereocenters. The molecule has 0 saturated carbocycles. The summed E-state index contributed by atoms with van der Waals surface area (Å²) >= 11 is 1.54. The van der Waals surface area contributed by atoms with Crippen molar-refractivity contribution in [3.8, 4) is 11.4 Å². The molecule has 0 aliphatic carbocycles. The molecule has 6 nitrogen and oxygen atoms in total. The summed E-state index contributed by atoms with van der Waals surface area (Å²) in [6.45, 7) is 6.06. The fourth-order valence-electron chi connectivity index (χ4n) is 2.91. The summed E-state index contributed by atoms with van der Waals surface area (Å²) in [4.78, 5) is 17.4. The van der Waals surface area contributed by atoms with Crippen molar-refractivity contribution in [1.82, 2.24) is 14.8 Å². The lowest BCUT2D eigenvalue weighted by Crippen LogP contribution is -2.14. The molecule has 1 aromatic carbocycles. The fourth-order valence-corrected chi connectivity index (χ4v) is 3.97. The van der Waals surface area contributed by atoms with Crippen LogP contribution >= 0.6 is 11.3 Å². The Bertz CT molecular complexity index is 928. The van der Waals surface area contributed by atoms with Crippen LogP contribution in [-0.4, -0.2) is 27.8 Å². The number of amides is 1. The van der Waals surface area contributed by atoms with E-state index in [1.807, 2.05) is 38.1 Å². The number of carbonyl (C=O) groups excluding carboxylic acids is 1. The van der Waals surface area contributed by atoms with E-state index in [9.17, 15) is 4.79 Å². The summed E-state index contributed by atoms with van der Waals surface area (Å²) in [6.07, 6.45) is 4.28. The van der Waals surface area contributed by atoms with Crippen molar-refractivity contribution in [2.75, 3.05) is 12.4 Å². The summed E-state index contributed by atoms with van der Waals surface area (Å²) in [5.74, 6) is 0.631. The quantitative estimate of drug-likeness (QED) is 0.655. The Kier molecular flexibility index (Phi) is 5.91. The predicted octanol–water partition coefficient (Wildman–Crippen LogP) is 4.41. The Hall–Kier alpha value is -2.67. The molecule has 1 amide bonds. The van der Waals surface area contributed by atoms with Crippen LogP contribution in [0.1, 0.15) is 47.0 Å². The molecule has 0 bridgehead atoms. The monoisotopic (exact) mass is 384 g/mol. The number of hydrogen-bond acceptors (Lipinski definition) is 5. The van der Waals surface area contributed by atoms with Crippen molar-refractivity contribution in [1.29, 1.82) is 0 Å². The fraction of sp³-hybridized carbons (Fsp3) is 0.350. The molecule has 0 aliphatic rings. The van der Waals surface area contributed by atoms with Gasteiger partial charge in [0.05, 0.1) is 41.0 Å². The normalized spacial score (nSPS) is 10.8. The van der Waals surface area contributed by atoms with Gasteiger partial charge in [0.25, 0.3) is 5.91 Å². The second-order valence-corrected chi connectivity index (χ2v) is 7.28. The summed E-state index contributed by atoms with van der Waals surface area (Å²) in [7, 11) is 1.64. The topological polar surface area (TPSA) is 69.0 Å². The number of rotatable bonds is 7. The van der Waals surface area contributed by atoms with Crippen LogP contribution in [0.4, 0.5) is 5.00 Å². The van der Waals surface area contributed by atoms with Crippen LogP contribution in [0.2, 0.25) is 0 Å². The first-order chi connectivity index (χ1) is 13.1. The third-order valence-corrected chi connectivity index (χ3v) is 5.43. The molecule has 0 aliphatic heterocycles. The first-order valence-corrected chi connectivity index (χ1v) is 9.88. The van der Waals surface area contributed by atoms with Crippen LogP contribution in [0, 0.1) is 6.92 Å². The summed E-state index contributed by atoms with van der Waals surface area (Å²) in [6, 6.07) is 7.62. The van der Waals surface area contributed by atoms with Gasteiger partial charge in [0.15, 0.2) is 0 Å². The lowest BCUT2D eigenvalue weighted by Gasteiger charge is -2.09. The summed E-state index contributed by atoms with van der Waals surface area (Å²) in [5, 5.41) is 9.30. The molecule has 2 aromatic heterocycles. The van der Waals surface area contributed by atoms with E-state index in [1.165, 1.54) is 0 Å². The molecule has 0 fully saturated rings. The van der Waals surface area contributed by atoms with Crippen LogP contribution in [0.25, 0.3) is 5.69 Å². The highest BCUT2D eigenvalue weighted by Crippen LogP contribution is 2.26. The highest BCUT2D eigenvalue weighted by Gasteiger charge is 2.19. The maximum absolute atomic E-state index is 12.9. The van der Waals surface area contributed by atoms with Crippen LogP contribution in [0.3, 0.4) is 0 Å². The van der Waals surface area contributed by atoms with E-state index in [-0.39, 0.29) is 5.91 Å². The second kappa shape index (κ2) is 8.35. The number of ether oxygens (including phenoxy) is 1. The zero-order valence-electron chi connectivity index (χ0n) is 16.1. The molecule has 142 valence electrons. The minimum absolute atomic E-state index is 0.151. The van der Waals surface area contributed by atoms with Crippen LogP contribution < -0.4 is 10.1 Å². The molecule has 27 heavy (non-hydrogen) atoms. The predicted molar refractivity (Wildman–Crippen MR) is 108 cm³/mol. The highest BCUT2D eigenvalue weighted by molar-refractivity contribution is 7.16. The van der Waals surface area contributed by atoms with Crippen molar-refractivity contribution in [2.24, 2.45) is 0 Å². The Balaban J connectivity index is 1.86. The smallest absolute Gasteiger partial charge is 0.259 e. The van der Waals surface area contributed by atoms with Gasteiger partial charge in [0.2, 0.25) is 0 Å². The van der Waals surface area contributed by atoms with Crippen molar-refractivity contribution >= 4 is 22.2 Å². The molecule has 3 aromatic rings. The average molecular weight is 385 g/mol. The molecular formula is C20H24N4O2S. The Morgan fingerprint density at radius 3 is 2.63 bits per heavy atom. The van der Waals surface area contributed by atoms with Gasteiger partial charge in [-0.1, -0.05) is 13.8 Å². The van der Waals surface area contributed by atoms with E-state index < -0.39 is 0 Å². The van der Waals surface area contributed by atoms with E-state index in [1.54, 1.807) is 29.3 Å². The first-order valence-electron chi connectivity index (χ1n) is 9.06. The van der Waals surface area contributed by atoms with E-state index in [2.05, 4.69) is 22.3 Å². The Labute approximate surface area is 163 Å². The third-order valence-electron chi connectivity index (χ3n) is 4.30. The zero-order valence-corrected chi connectivity index (χ0v) is 16.9. The molecule has 0 spiro atoms. The molecule has 0 unspecified atom stereocenters. The standard InChI is InChI=1S/C20H24N4O2S/c1-5-7-18-22-13(3)20(27-18)23-19(25)16-12-21-24(17(16)6-2)14-8-10-15(26-4)11-9-14/h8-12H,5-7H2,1-4H3,(H,23,25). The van der Waals surface area contributed by atoms with Gasteiger partial charge in [-0.25, -0.2) is 9.67 Å². The van der Waals surface area contributed by atoms with Gasteiger partial charge in [0.1, 0.15) is 10.8 Å². The average Bonchev–Trinajstić information content (AvgIpc) is 3.25. The minimum Gasteiger partial charge on any atom is -0.497 e. The second-order valence-electron chi connectivity index (χ2n) is 6.19. The van der Waals surface area contributed by atoms with E-state index in [4.69, 9.17) is 4.74 Å². The maximum atomic E-state index is 12.9. The van der Waals surface area contributed by atoms with Gasteiger partial charge in [-0.3, -0.25) is 4.79 Å². The van der Waals surface area contributed by atoms with Crippen molar-refractivity contribution in [3.63, 3.8) is 0 Å². The number of hydrogen-bond donors (Lipinski definition) is 1. The lowest BCUT2D eigenvalue weighted by atomic mass is 10.2. The van der Waals surface area contributed by atoms with Gasteiger partial charge in [-0.05, 0) is 50.5 Å². The van der Waals surface area contributed by atoms with Gasteiger partial charge in [0, 0.05) is 0 Å². The maximum Gasteiger partial charge on any atom is 0.259 e. The number of nitrogens with zero attached hydrogens (tertiary/aromatic N) is 3. The van der Waals surface area contributed by atoms with Gasteiger partial charge < -0.3 is 10.1 Å². The molecule has 0 radical (unpaired) electrons. The van der Waals surface area contributed by atoms with Crippen molar-refractivity contribution < 1.29 is 9.53 Å². The third kappa shape index (κ3) is 4.03. The zero-order chi connectivity index (χ0) is 19.4. The molecule has 3 rings (SSSR count). The molecule has 1 N–H and O–H groups in total. The minimum atomic E-state index is -0.151. The molecule has 0 saturated heterocycles. The number of thiazole rings is 1. The van der Waals surface area contributed by atoms with E-state index in [0.717, 1.165) is 45.7 Å². The highest BCUT2D eigenvalue weighted by atomic mass is 32.1. The Morgan fingerprint density at radius 1 is 1.26 bits per heavy atom. The van der Waals surface area contributed by atoms with E-state index in [0.29, 0.717) is 12.0 Å². The van der Waals surface area contributed by atoms with Crippen molar-refractivity contribution in [2.45, 2.75) is 40.0 Å². The molecule has 7 heteroatoms. The number of aromatic nitrogens is 3. The first kappa shape index (κ1) is 19.1. The van der Waals surface area contributed by atoms with Crippen LogP contribution in [0.5, 0.6) is 5.75 Å². The lowest BCUT2D eigenvalue weighted by molar-refractivity contribution is 0.102. The molecular weight excluding hydrogens is 360 g/mol. The van der Waals surface area contributed by atoms with Crippen LogP contribution in [-0.2, 0) is 12.8 Å². The number of anilines is 1. The van der Waals surface area contributed by atoms with Gasteiger partial charge >= 0.3 is 0 Å². The van der Waals surface area contributed by atoms with E-state index >= 15 is 0 Å². The number of methoxy groups -OCH3 is 1. The van der Waals surface area contributed by atoms with Gasteiger partial charge in [-0.15, -0.1) is 11.3 Å².